The summed E-state index contributed by atoms with van der Waals surface area (Å²) in [5.41, 5.74) is 1.99. The molecule has 0 radical (unpaired) electrons. The number of non-ortho nitro benzene ring substituents is 1. The van der Waals surface area contributed by atoms with Crippen molar-refractivity contribution in [2.75, 3.05) is 18.1 Å². The van der Waals surface area contributed by atoms with E-state index in [4.69, 9.17) is 21.7 Å². The van der Waals surface area contributed by atoms with Crippen LogP contribution in [0.1, 0.15) is 11.1 Å². The molecular weight excluding hydrogens is 472 g/mol. The van der Waals surface area contributed by atoms with E-state index in [0.29, 0.717) is 26.2 Å². The molecule has 0 spiro atoms. The van der Waals surface area contributed by atoms with Gasteiger partial charge in [0.1, 0.15) is 24.7 Å². The van der Waals surface area contributed by atoms with E-state index in [1.165, 1.54) is 23.1 Å². The number of rotatable bonds is 8. The summed E-state index contributed by atoms with van der Waals surface area (Å²) in [4.78, 5) is 25.7. The van der Waals surface area contributed by atoms with E-state index in [2.05, 4.69) is 0 Å². The fraction of sp³-hybridized carbons (Fsp3) is 0.120. The highest BCUT2D eigenvalue weighted by Crippen LogP contribution is 2.37. The van der Waals surface area contributed by atoms with Gasteiger partial charge in [0.15, 0.2) is 4.32 Å². The van der Waals surface area contributed by atoms with Crippen molar-refractivity contribution in [3.8, 4) is 11.5 Å². The first-order valence-electron chi connectivity index (χ1n) is 10.4. The lowest BCUT2D eigenvalue weighted by atomic mass is 10.1. The van der Waals surface area contributed by atoms with Gasteiger partial charge in [-0.3, -0.25) is 19.8 Å². The minimum atomic E-state index is -0.488. The lowest BCUT2D eigenvalue weighted by molar-refractivity contribution is -0.384. The van der Waals surface area contributed by atoms with Crippen LogP contribution in [-0.4, -0.2) is 28.4 Å². The Bertz CT molecular complexity index is 1280. The van der Waals surface area contributed by atoms with E-state index in [1.54, 1.807) is 18.2 Å². The highest BCUT2D eigenvalue weighted by molar-refractivity contribution is 8.27. The van der Waals surface area contributed by atoms with E-state index < -0.39 is 4.92 Å². The zero-order chi connectivity index (χ0) is 24.1. The topological polar surface area (TPSA) is 81.9 Å². The molecule has 0 aliphatic carbocycles. The summed E-state index contributed by atoms with van der Waals surface area (Å²) in [5.74, 6) is 0.880. The van der Waals surface area contributed by atoms with Crippen molar-refractivity contribution >= 4 is 51.7 Å². The minimum Gasteiger partial charge on any atom is -0.490 e. The van der Waals surface area contributed by atoms with Crippen molar-refractivity contribution in [3.05, 3.63) is 98.9 Å². The number of nitro groups is 1. The predicted molar refractivity (Wildman–Crippen MR) is 137 cm³/mol. The molecule has 1 aliphatic rings. The number of nitro benzene ring substituents is 1. The van der Waals surface area contributed by atoms with Gasteiger partial charge in [0.25, 0.3) is 11.6 Å². The number of thioether (sulfide) groups is 1. The molecule has 1 amide bonds. The smallest absolute Gasteiger partial charge is 0.270 e. The fourth-order valence-corrected chi connectivity index (χ4v) is 4.61. The molecule has 0 bridgehead atoms. The molecular formula is C25H20N2O5S2. The van der Waals surface area contributed by atoms with Crippen LogP contribution >= 0.6 is 24.0 Å². The van der Waals surface area contributed by atoms with Crippen LogP contribution in [0.5, 0.6) is 11.5 Å². The monoisotopic (exact) mass is 492 g/mol. The van der Waals surface area contributed by atoms with Crippen molar-refractivity contribution in [1.29, 1.82) is 0 Å². The standard InChI is InChI=1S/C25H20N2O5S2/c1-17-7-5-6-10-21(17)31-13-14-32-22-12-11-20(27(29)30)15-18(22)16-23-24(28)26(25(33)34-23)19-8-3-2-4-9-19/h2-12,15-16H,13-14H2,1H3. The molecule has 9 heteroatoms. The molecule has 0 atom stereocenters. The van der Waals surface area contributed by atoms with Crippen LogP contribution < -0.4 is 14.4 Å². The highest BCUT2D eigenvalue weighted by atomic mass is 32.2. The van der Waals surface area contributed by atoms with Crippen molar-refractivity contribution in [2.45, 2.75) is 6.92 Å². The second-order valence-electron chi connectivity index (χ2n) is 7.29. The van der Waals surface area contributed by atoms with Gasteiger partial charge >= 0.3 is 0 Å². The number of benzene rings is 3. The van der Waals surface area contributed by atoms with Crippen LogP contribution in [0.3, 0.4) is 0 Å². The SMILES string of the molecule is Cc1ccccc1OCCOc1ccc([N+](=O)[O-])cc1C=C1SC(=S)N(c2ccccc2)C1=O. The van der Waals surface area contributed by atoms with Crippen LogP contribution in [0.25, 0.3) is 6.08 Å². The predicted octanol–water partition coefficient (Wildman–Crippen LogP) is 5.77. The molecule has 1 heterocycles. The van der Waals surface area contributed by atoms with E-state index in [-0.39, 0.29) is 24.8 Å². The summed E-state index contributed by atoms with van der Waals surface area (Å²) in [6, 6.07) is 21.0. The second kappa shape index (κ2) is 10.5. The zero-order valence-corrected chi connectivity index (χ0v) is 19.8. The van der Waals surface area contributed by atoms with Crippen LogP contribution in [0.2, 0.25) is 0 Å². The number of hydrogen-bond acceptors (Lipinski definition) is 7. The summed E-state index contributed by atoms with van der Waals surface area (Å²) in [5, 5.41) is 11.3. The lowest BCUT2D eigenvalue weighted by Crippen LogP contribution is -2.27. The highest BCUT2D eigenvalue weighted by Gasteiger charge is 2.33. The summed E-state index contributed by atoms with van der Waals surface area (Å²) < 4.78 is 12.0. The number of hydrogen-bond donors (Lipinski definition) is 0. The van der Waals surface area contributed by atoms with Gasteiger partial charge < -0.3 is 9.47 Å². The zero-order valence-electron chi connectivity index (χ0n) is 18.2. The summed E-state index contributed by atoms with van der Waals surface area (Å²) in [6.45, 7) is 2.46. The molecule has 1 saturated heterocycles. The van der Waals surface area contributed by atoms with E-state index in [1.807, 2.05) is 49.4 Å². The Hall–Kier alpha value is -3.69. The van der Waals surface area contributed by atoms with E-state index in [0.717, 1.165) is 23.1 Å². The summed E-state index contributed by atoms with van der Waals surface area (Å²) >= 11 is 6.55. The Labute approximate surface area is 206 Å². The van der Waals surface area contributed by atoms with Crippen LogP contribution in [-0.2, 0) is 4.79 Å². The molecule has 3 aromatic carbocycles. The first-order valence-corrected chi connectivity index (χ1v) is 11.6. The number of thiocarbonyl (C=S) groups is 1. The average molecular weight is 493 g/mol. The Morgan fingerprint density at radius 1 is 1.00 bits per heavy atom. The number of carbonyl (C=O) groups is 1. The maximum Gasteiger partial charge on any atom is 0.270 e. The largest absolute Gasteiger partial charge is 0.490 e. The number of para-hydroxylation sites is 2. The van der Waals surface area contributed by atoms with Crippen LogP contribution in [0, 0.1) is 17.0 Å². The molecule has 1 fully saturated rings. The molecule has 0 N–H and O–H groups in total. The van der Waals surface area contributed by atoms with E-state index >= 15 is 0 Å². The molecule has 3 aromatic rings. The molecule has 1 aliphatic heterocycles. The average Bonchev–Trinajstić information content (AvgIpc) is 3.11. The molecule has 0 unspecified atom stereocenters. The lowest BCUT2D eigenvalue weighted by Gasteiger charge is -2.14. The Balaban J connectivity index is 1.54. The van der Waals surface area contributed by atoms with Crippen LogP contribution in [0.15, 0.2) is 77.7 Å². The molecule has 4 rings (SSSR count). The summed E-state index contributed by atoms with van der Waals surface area (Å²) in [7, 11) is 0. The molecule has 34 heavy (non-hydrogen) atoms. The number of nitrogens with zero attached hydrogens (tertiary/aromatic N) is 2. The molecule has 172 valence electrons. The second-order valence-corrected chi connectivity index (χ2v) is 8.97. The number of ether oxygens (including phenoxy) is 2. The molecule has 0 aromatic heterocycles. The first-order chi connectivity index (χ1) is 16.4. The van der Waals surface area contributed by atoms with Gasteiger partial charge in [-0.25, -0.2) is 0 Å². The Morgan fingerprint density at radius 3 is 2.38 bits per heavy atom. The van der Waals surface area contributed by atoms with Gasteiger partial charge in [-0.05, 0) is 42.8 Å². The quantitative estimate of drug-likeness (QED) is 0.130. The van der Waals surface area contributed by atoms with Crippen molar-refractivity contribution in [3.63, 3.8) is 0 Å². The van der Waals surface area contributed by atoms with Gasteiger partial charge in [0.05, 0.1) is 15.5 Å². The normalized spacial score (nSPS) is 14.5. The Morgan fingerprint density at radius 2 is 1.68 bits per heavy atom. The third-order valence-electron chi connectivity index (χ3n) is 4.99. The van der Waals surface area contributed by atoms with Gasteiger partial charge in [0, 0.05) is 17.7 Å². The third kappa shape index (κ3) is 5.27. The number of amides is 1. The molecule has 7 nitrogen and oxygen atoms in total. The Kier molecular flexibility index (Phi) is 7.24. The molecule has 0 saturated carbocycles. The van der Waals surface area contributed by atoms with Gasteiger partial charge in [0.2, 0.25) is 0 Å². The maximum absolute atomic E-state index is 13.1. The third-order valence-corrected chi connectivity index (χ3v) is 6.29. The van der Waals surface area contributed by atoms with Crippen molar-refractivity contribution in [2.24, 2.45) is 0 Å². The number of aryl methyl sites for hydroxylation is 1. The van der Waals surface area contributed by atoms with Gasteiger partial charge in [-0.15, -0.1) is 0 Å². The van der Waals surface area contributed by atoms with E-state index in [9.17, 15) is 14.9 Å². The van der Waals surface area contributed by atoms with Crippen molar-refractivity contribution < 1.29 is 19.2 Å². The minimum absolute atomic E-state index is 0.103. The van der Waals surface area contributed by atoms with Crippen molar-refractivity contribution in [1.82, 2.24) is 0 Å². The first kappa shape index (κ1) is 23.5. The maximum atomic E-state index is 13.1. The van der Waals surface area contributed by atoms with Gasteiger partial charge in [-0.2, -0.15) is 0 Å². The summed E-state index contributed by atoms with van der Waals surface area (Å²) in [6.07, 6.45) is 1.58. The van der Waals surface area contributed by atoms with Gasteiger partial charge in [-0.1, -0.05) is 60.4 Å². The number of anilines is 1. The fourth-order valence-electron chi connectivity index (χ4n) is 3.32. The van der Waals surface area contributed by atoms with Crippen LogP contribution in [0.4, 0.5) is 11.4 Å². The number of carbonyl (C=O) groups excluding carboxylic acids is 1.